The molecule has 0 spiro atoms. The number of hydrogen-bond donors (Lipinski definition) is 2. The van der Waals surface area contributed by atoms with Gasteiger partial charge in [0.2, 0.25) is 0 Å². The van der Waals surface area contributed by atoms with Crippen LogP contribution < -0.4 is 10.7 Å². The highest BCUT2D eigenvalue weighted by atomic mass is 32.1. The number of carbonyl (C=O) groups excluding carboxylic acids is 1. The summed E-state index contributed by atoms with van der Waals surface area (Å²) in [6.45, 7) is 6.36. The average molecular weight is 478 g/mol. The number of carbonyl (C=O) groups is 1. The number of nitrogens with zero attached hydrogens (tertiary/aromatic N) is 1. The molecule has 4 aliphatic rings. The van der Waals surface area contributed by atoms with Gasteiger partial charge in [0.25, 0.3) is 0 Å². The number of nitrogens with one attached hydrogen (secondary N) is 2. The molecule has 0 aliphatic heterocycles. The van der Waals surface area contributed by atoms with Gasteiger partial charge >= 0.3 is 5.97 Å². The Bertz CT molecular complexity index is 1060. The van der Waals surface area contributed by atoms with Gasteiger partial charge in [-0.15, -0.1) is 0 Å². The van der Waals surface area contributed by atoms with E-state index in [-0.39, 0.29) is 22.9 Å². The number of anilines is 1. The predicted molar refractivity (Wildman–Crippen MR) is 140 cm³/mol. The van der Waals surface area contributed by atoms with Crippen LogP contribution in [0.15, 0.2) is 59.2 Å². The standard InChI is InChI=1S/C28H35N3O2S/c1-18(32)33-25-12-11-23-22-10-9-19-17-21(30-31-26(34)29-20-7-5-4-6-8-20)13-15-27(19,2)24(22)14-16-28(23,25)3/h4-10,17,22-25H,11-16H2,1-3H3,(H2,29,31,34). The second kappa shape index (κ2) is 8.95. The van der Waals surface area contributed by atoms with E-state index >= 15 is 0 Å². The van der Waals surface area contributed by atoms with E-state index in [2.05, 4.69) is 47.9 Å². The first-order valence-corrected chi connectivity index (χ1v) is 13.0. The van der Waals surface area contributed by atoms with Crippen molar-refractivity contribution in [1.29, 1.82) is 0 Å². The summed E-state index contributed by atoms with van der Waals surface area (Å²) in [6, 6.07) is 9.88. The molecule has 0 heterocycles. The highest BCUT2D eigenvalue weighted by Crippen LogP contribution is 2.64. The zero-order valence-electron chi connectivity index (χ0n) is 20.3. The monoisotopic (exact) mass is 477 g/mol. The molecule has 1 aromatic carbocycles. The van der Waals surface area contributed by atoms with Crippen LogP contribution in [0.4, 0.5) is 5.69 Å². The van der Waals surface area contributed by atoms with Crippen LogP contribution >= 0.6 is 12.2 Å². The van der Waals surface area contributed by atoms with Crippen molar-refractivity contribution < 1.29 is 9.53 Å². The van der Waals surface area contributed by atoms with Crippen molar-refractivity contribution in [2.75, 3.05) is 5.32 Å². The summed E-state index contributed by atoms with van der Waals surface area (Å²) in [5.41, 5.74) is 6.67. The lowest BCUT2D eigenvalue weighted by Gasteiger charge is -2.55. The van der Waals surface area contributed by atoms with Gasteiger partial charge in [-0.1, -0.05) is 44.2 Å². The topological polar surface area (TPSA) is 62.7 Å². The summed E-state index contributed by atoms with van der Waals surface area (Å²) >= 11 is 5.41. The molecule has 34 heavy (non-hydrogen) atoms. The quantitative estimate of drug-likeness (QED) is 0.318. The van der Waals surface area contributed by atoms with Crippen molar-refractivity contribution in [1.82, 2.24) is 5.43 Å². The zero-order chi connectivity index (χ0) is 23.9. The molecule has 0 radical (unpaired) electrons. The van der Waals surface area contributed by atoms with Gasteiger partial charge in [-0.3, -0.25) is 10.2 Å². The van der Waals surface area contributed by atoms with E-state index < -0.39 is 0 Å². The van der Waals surface area contributed by atoms with E-state index in [4.69, 9.17) is 17.0 Å². The molecule has 0 saturated heterocycles. The second-order valence-corrected chi connectivity index (χ2v) is 11.3. The molecule has 4 aliphatic carbocycles. The summed E-state index contributed by atoms with van der Waals surface area (Å²) in [5.74, 6) is 1.63. The van der Waals surface area contributed by atoms with Gasteiger partial charge in [0.15, 0.2) is 5.11 Å². The summed E-state index contributed by atoms with van der Waals surface area (Å²) in [5, 5.41) is 8.28. The lowest BCUT2D eigenvalue weighted by Crippen LogP contribution is -2.50. The minimum atomic E-state index is -0.142. The van der Waals surface area contributed by atoms with Crippen LogP contribution in [0.2, 0.25) is 0 Å². The predicted octanol–water partition coefficient (Wildman–Crippen LogP) is 6.00. The van der Waals surface area contributed by atoms with E-state index in [0.717, 1.165) is 43.5 Å². The maximum absolute atomic E-state index is 11.7. The highest BCUT2D eigenvalue weighted by Gasteiger charge is 2.58. The molecule has 1 aromatic rings. The van der Waals surface area contributed by atoms with Crippen molar-refractivity contribution in [3.8, 4) is 0 Å². The van der Waals surface area contributed by atoms with Crippen molar-refractivity contribution in [3.05, 3.63) is 54.1 Å². The number of para-hydroxylation sites is 1. The van der Waals surface area contributed by atoms with Gasteiger partial charge in [0.1, 0.15) is 6.10 Å². The molecular weight excluding hydrogens is 442 g/mol. The first-order chi connectivity index (χ1) is 16.3. The smallest absolute Gasteiger partial charge is 0.302 e. The molecule has 6 atom stereocenters. The third-order valence-electron chi connectivity index (χ3n) is 9.09. The number of fused-ring (bicyclic) bond motifs is 5. The van der Waals surface area contributed by atoms with Gasteiger partial charge in [0, 0.05) is 18.0 Å². The zero-order valence-corrected chi connectivity index (χ0v) is 21.2. The van der Waals surface area contributed by atoms with Crippen molar-refractivity contribution >= 4 is 34.7 Å². The fourth-order valence-corrected chi connectivity index (χ4v) is 7.41. The fraction of sp³-hybridized carbons (Fsp3) is 0.536. The van der Waals surface area contributed by atoms with E-state index in [9.17, 15) is 4.79 Å². The van der Waals surface area contributed by atoms with Crippen LogP contribution in [-0.2, 0) is 9.53 Å². The van der Waals surface area contributed by atoms with Gasteiger partial charge in [-0.05, 0) is 97.7 Å². The number of hydrazone groups is 1. The van der Waals surface area contributed by atoms with E-state index in [1.807, 2.05) is 30.3 Å². The van der Waals surface area contributed by atoms with Crippen molar-refractivity contribution in [3.63, 3.8) is 0 Å². The number of thiocarbonyl (C=S) groups is 1. The summed E-state index contributed by atoms with van der Waals surface area (Å²) in [4.78, 5) is 11.7. The average Bonchev–Trinajstić information content (AvgIpc) is 3.14. The molecule has 5 nitrogen and oxygen atoms in total. The van der Waals surface area contributed by atoms with Gasteiger partial charge in [-0.2, -0.15) is 5.10 Å². The lowest BCUT2D eigenvalue weighted by molar-refractivity contribution is -0.155. The first-order valence-electron chi connectivity index (χ1n) is 12.6. The lowest BCUT2D eigenvalue weighted by atomic mass is 9.49. The maximum Gasteiger partial charge on any atom is 0.302 e. The third kappa shape index (κ3) is 4.10. The Balaban J connectivity index is 1.31. The van der Waals surface area contributed by atoms with Gasteiger partial charge in [0.05, 0.1) is 5.71 Å². The molecule has 2 N–H and O–H groups in total. The van der Waals surface area contributed by atoms with Crippen molar-refractivity contribution in [2.24, 2.45) is 33.7 Å². The number of benzene rings is 1. The van der Waals surface area contributed by atoms with Crippen LogP contribution in [0.3, 0.4) is 0 Å². The largest absolute Gasteiger partial charge is 0.462 e. The van der Waals surface area contributed by atoms with Crippen LogP contribution in [-0.4, -0.2) is 22.9 Å². The fourth-order valence-electron chi connectivity index (χ4n) is 7.25. The molecule has 0 aromatic heterocycles. The Labute approximate surface area is 208 Å². The van der Waals surface area contributed by atoms with Crippen molar-refractivity contribution in [2.45, 2.75) is 65.4 Å². The van der Waals surface area contributed by atoms with Crippen LogP contribution in [0, 0.1) is 28.6 Å². The number of esters is 1. The number of rotatable bonds is 3. The molecule has 180 valence electrons. The second-order valence-electron chi connectivity index (χ2n) is 10.9. The molecule has 2 saturated carbocycles. The third-order valence-corrected chi connectivity index (χ3v) is 9.28. The Morgan fingerprint density at radius 2 is 1.91 bits per heavy atom. The molecule has 6 unspecified atom stereocenters. The number of ether oxygens (including phenoxy) is 1. The number of hydrogen-bond acceptors (Lipinski definition) is 4. The first kappa shape index (κ1) is 23.3. The summed E-state index contributed by atoms with van der Waals surface area (Å²) in [7, 11) is 0. The van der Waals surface area contributed by atoms with E-state index in [1.165, 1.54) is 12.0 Å². The molecule has 6 heteroatoms. The maximum atomic E-state index is 11.7. The summed E-state index contributed by atoms with van der Waals surface area (Å²) in [6.07, 6.45) is 13.6. The minimum Gasteiger partial charge on any atom is -0.462 e. The molecular formula is C28H35N3O2S. The van der Waals surface area contributed by atoms with Crippen LogP contribution in [0.1, 0.15) is 59.3 Å². The SMILES string of the molecule is CC(=O)OC1CCC2C3C=CC4=CC(=NNC(=S)Nc5ccccc5)CCC4(C)C3CCC12C. The molecule has 0 bridgehead atoms. The molecule has 0 amide bonds. The number of allylic oxidation sites excluding steroid dienone is 4. The Morgan fingerprint density at radius 3 is 2.68 bits per heavy atom. The van der Waals surface area contributed by atoms with Gasteiger partial charge < -0.3 is 10.1 Å². The highest BCUT2D eigenvalue weighted by molar-refractivity contribution is 7.80. The van der Waals surface area contributed by atoms with Crippen LogP contribution in [0.25, 0.3) is 0 Å². The minimum absolute atomic E-state index is 0.0681. The van der Waals surface area contributed by atoms with E-state index in [1.54, 1.807) is 6.92 Å². The normalized spacial score (nSPS) is 37.1. The Hall–Kier alpha value is -2.47. The molecule has 5 rings (SSSR count). The Morgan fingerprint density at radius 1 is 1.12 bits per heavy atom. The summed E-state index contributed by atoms with van der Waals surface area (Å²) < 4.78 is 5.78. The van der Waals surface area contributed by atoms with E-state index in [0.29, 0.717) is 22.9 Å². The molecule has 2 fully saturated rings. The van der Waals surface area contributed by atoms with Gasteiger partial charge in [-0.25, -0.2) is 0 Å². The van der Waals surface area contributed by atoms with Crippen LogP contribution in [0.5, 0.6) is 0 Å². The Kier molecular flexibility index (Phi) is 6.13.